The SMILES string of the molecule is N[N+]12C=CN=CC1=C(C1=CC=C1)N=C2c1ccc(SC2CCCCO2)cc1. The highest BCUT2D eigenvalue weighted by atomic mass is 32.2. The van der Waals surface area contributed by atoms with Crippen molar-refractivity contribution >= 4 is 23.8 Å². The third-order valence-corrected chi connectivity index (χ3v) is 6.32. The van der Waals surface area contributed by atoms with E-state index in [1.165, 1.54) is 17.7 Å². The third kappa shape index (κ3) is 2.95. The first-order valence-corrected chi connectivity index (χ1v) is 10.1. The van der Waals surface area contributed by atoms with Gasteiger partial charge >= 0.3 is 0 Å². The van der Waals surface area contributed by atoms with Gasteiger partial charge in [0.05, 0.1) is 18.0 Å². The third-order valence-electron chi connectivity index (χ3n) is 5.14. The molecule has 5 nitrogen and oxygen atoms in total. The van der Waals surface area contributed by atoms with Crippen LogP contribution in [-0.2, 0) is 4.74 Å². The average molecular weight is 377 g/mol. The molecule has 1 aromatic rings. The van der Waals surface area contributed by atoms with Crippen LogP contribution in [0.4, 0.5) is 0 Å². The lowest BCUT2D eigenvalue weighted by atomic mass is 10.0. The lowest BCUT2D eigenvalue weighted by Gasteiger charge is -2.26. The molecule has 5 rings (SSSR count). The van der Waals surface area contributed by atoms with Crippen LogP contribution in [0.3, 0.4) is 0 Å². The molecule has 136 valence electrons. The maximum Gasteiger partial charge on any atom is 0.265 e. The van der Waals surface area contributed by atoms with Crippen molar-refractivity contribution in [2.75, 3.05) is 6.61 Å². The van der Waals surface area contributed by atoms with Gasteiger partial charge in [0.15, 0.2) is 0 Å². The number of aliphatic imine (C=N–C) groups is 2. The van der Waals surface area contributed by atoms with Crippen LogP contribution in [0.2, 0.25) is 0 Å². The fourth-order valence-corrected chi connectivity index (χ4v) is 4.63. The van der Waals surface area contributed by atoms with E-state index in [2.05, 4.69) is 41.4 Å². The quantitative estimate of drug-likeness (QED) is 0.637. The molecule has 2 atom stereocenters. The summed E-state index contributed by atoms with van der Waals surface area (Å²) in [7, 11) is 0. The van der Waals surface area contributed by atoms with E-state index in [4.69, 9.17) is 15.6 Å². The minimum atomic E-state index is 0.0578. The summed E-state index contributed by atoms with van der Waals surface area (Å²) in [6, 6.07) is 8.47. The summed E-state index contributed by atoms with van der Waals surface area (Å²) >= 11 is 1.79. The minimum Gasteiger partial charge on any atom is -0.367 e. The smallest absolute Gasteiger partial charge is 0.265 e. The van der Waals surface area contributed by atoms with Crippen LogP contribution in [-0.4, -0.2) is 28.7 Å². The fourth-order valence-electron chi connectivity index (χ4n) is 3.58. The molecule has 3 heterocycles. The standard InChI is InChI=1S/C21H21N4OS/c22-25-12-11-23-14-18(25)20(15-4-3-5-15)24-21(25)16-7-9-17(10-8-16)27-19-6-1-2-13-26-19/h3-5,7-12,14,19H,1-2,6,13,22H2/q+1. The molecular weight excluding hydrogens is 356 g/mol. The summed E-state index contributed by atoms with van der Waals surface area (Å²) in [4.78, 5) is 10.4. The van der Waals surface area contributed by atoms with Crippen LogP contribution in [0, 0.1) is 0 Å². The Morgan fingerprint density at radius 1 is 1.19 bits per heavy atom. The number of amidine groups is 1. The largest absolute Gasteiger partial charge is 0.367 e. The molecule has 0 radical (unpaired) electrons. The molecule has 0 aromatic heterocycles. The van der Waals surface area contributed by atoms with Crippen molar-refractivity contribution in [1.82, 2.24) is 0 Å². The number of benzene rings is 1. The molecule has 2 unspecified atom stereocenters. The topological polar surface area (TPSA) is 60.0 Å². The van der Waals surface area contributed by atoms with Crippen LogP contribution in [0.5, 0.6) is 0 Å². The first kappa shape index (κ1) is 16.9. The van der Waals surface area contributed by atoms with Gasteiger partial charge in [0.25, 0.3) is 5.84 Å². The zero-order valence-corrected chi connectivity index (χ0v) is 15.7. The zero-order chi connectivity index (χ0) is 18.3. The molecule has 3 aliphatic heterocycles. The van der Waals surface area contributed by atoms with Gasteiger partial charge in [-0.2, -0.15) is 10.8 Å². The Morgan fingerprint density at radius 2 is 2.04 bits per heavy atom. The van der Waals surface area contributed by atoms with Gasteiger partial charge in [-0.3, -0.25) is 4.99 Å². The summed E-state index contributed by atoms with van der Waals surface area (Å²) < 4.78 is 5.89. The molecule has 0 saturated carbocycles. The molecule has 1 fully saturated rings. The predicted molar refractivity (Wildman–Crippen MR) is 109 cm³/mol. The highest BCUT2D eigenvalue weighted by Crippen LogP contribution is 2.37. The zero-order valence-electron chi connectivity index (χ0n) is 14.9. The number of thioether (sulfide) groups is 1. The first-order valence-electron chi connectivity index (χ1n) is 9.24. The Balaban J connectivity index is 1.42. The number of nitrogens with zero attached hydrogens (tertiary/aromatic N) is 3. The van der Waals surface area contributed by atoms with Gasteiger partial charge in [0, 0.05) is 17.1 Å². The van der Waals surface area contributed by atoms with Crippen molar-refractivity contribution < 1.29 is 9.33 Å². The summed E-state index contributed by atoms with van der Waals surface area (Å²) in [6.45, 7) is 0.870. The lowest BCUT2D eigenvalue weighted by molar-refractivity contribution is -0.750. The number of fused-ring (bicyclic) bond motifs is 1. The molecule has 0 bridgehead atoms. The second-order valence-corrected chi connectivity index (χ2v) is 8.18. The second kappa shape index (κ2) is 6.73. The molecule has 0 amide bonds. The van der Waals surface area contributed by atoms with Crippen LogP contribution < -0.4 is 5.84 Å². The molecule has 27 heavy (non-hydrogen) atoms. The van der Waals surface area contributed by atoms with E-state index in [1.807, 2.05) is 18.5 Å². The van der Waals surface area contributed by atoms with Gasteiger partial charge in [-0.05, 0) is 43.5 Å². The number of ether oxygens (including phenoxy) is 1. The van der Waals surface area contributed by atoms with Gasteiger partial charge in [-0.15, -0.1) is 4.59 Å². The number of allylic oxidation sites excluding steroid dienone is 4. The van der Waals surface area contributed by atoms with Crippen LogP contribution in [0.15, 0.2) is 86.7 Å². The Bertz CT molecular complexity index is 949. The van der Waals surface area contributed by atoms with E-state index in [-0.39, 0.29) is 10.0 Å². The van der Waals surface area contributed by atoms with Crippen LogP contribution in [0.25, 0.3) is 0 Å². The summed E-state index contributed by atoms with van der Waals surface area (Å²) in [6.07, 6.45) is 15.1. The predicted octanol–water partition coefficient (Wildman–Crippen LogP) is 4.02. The number of hydrogen-bond donors (Lipinski definition) is 1. The lowest BCUT2D eigenvalue weighted by Crippen LogP contribution is -2.53. The van der Waals surface area contributed by atoms with Crippen molar-refractivity contribution in [3.05, 3.63) is 77.4 Å². The molecule has 4 aliphatic rings. The van der Waals surface area contributed by atoms with Crippen LogP contribution in [0.1, 0.15) is 24.8 Å². The van der Waals surface area contributed by atoms with E-state index in [1.54, 1.807) is 18.0 Å². The van der Waals surface area contributed by atoms with E-state index < -0.39 is 0 Å². The van der Waals surface area contributed by atoms with Crippen molar-refractivity contribution in [1.29, 1.82) is 0 Å². The number of quaternary nitrogens is 1. The van der Waals surface area contributed by atoms with E-state index >= 15 is 0 Å². The summed E-state index contributed by atoms with van der Waals surface area (Å²) in [5.41, 5.74) is 4.17. The molecular formula is C21H21N4OS+. The monoisotopic (exact) mass is 377 g/mol. The Labute approximate surface area is 162 Å². The molecule has 6 heteroatoms. The Hall–Kier alpha value is -2.25. The Morgan fingerprint density at radius 3 is 2.74 bits per heavy atom. The van der Waals surface area contributed by atoms with Crippen LogP contribution >= 0.6 is 11.8 Å². The van der Waals surface area contributed by atoms with Crippen molar-refractivity contribution in [3.63, 3.8) is 0 Å². The number of rotatable bonds is 4. The van der Waals surface area contributed by atoms with E-state index in [9.17, 15) is 0 Å². The van der Waals surface area contributed by atoms with Crippen molar-refractivity contribution in [3.8, 4) is 0 Å². The summed E-state index contributed by atoms with van der Waals surface area (Å²) in [5, 5.41) is 0. The van der Waals surface area contributed by atoms with Gasteiger partial charge in [0.1, 0.15) is 17.3 Å². The second-order valence-electron chi connectivity index (χ2n) is 6.94. The first-order chi connectivity index (χ1) is 13.2. The van der Waals surface area contributed by atoms with Gasteiger partial charge in [-0.25, -0.2) is 0 Å². The van der Waals surface area contributed by atoms with Gasteiger partial charge in [0.2, 0.25) is 5.70 Å². The number of hydrogen-bond acceptors (Lipinski definition) is 5. The fraction of sp³-hybridized carbons (Fsp3) is 0.238. The summed E-state index contributed by atoms with van der Waals surface area (Å²) in [5.74, 6) is 7.54. The van der Waals surface area contributed by atoms with Crippen molar-refractivity contribution in [2.24, 2.45) is 15.8 Å². The highest BCUT2D eigenvalue weighted by Gasteiger charge is 2.44. The Kier molecular flexibility index (Phi) is 4.21. The van der Waals surface area contributed by atoms with Gasteiger partial charge in [-0.1, -0.05) is 30.0 Å². The molecule has 0 spiro atoms. The minimum absolute atomic E-state index is 0.0578. The maximum atomic E-state index is 6.73. The average Bonchev–Trinajstić information content (AvgIpc) is 2.95. The molecule has 2 N–H and O–H groups in total. The highest BCUT2D eigenvalue weighted by molar-refractivity contribution is 7.99. The molecule has 1 saturated heterocycles. The van der Waals surface area contributed by atoms with E-state index in [0.29, 0.717) is 0 Å². The van der Waals surface area contributed by atoms with Gasteiger partial charge < -0.3 is 4.74 Å². The van der Waals surface area contributed by atoms with Crippen molar-refractivity contribution in [2.45, 2.75) is 29.6 Å². The van der Waals surface area contributed by atoms with E-state index in [0.717, 1.165) is 41.4 Å². The maximum absolute atomic E-state index is 6.73. The molecule has 1 aliphatic carbocycles. The number of nitrogens with two attached hydrogens (primary N) is 1. The molecule has 1 aromatic carbocycles. The normalized spacial score (nSPS) is 28.7.